The van der Waals surface area contributed by atoms with Gasteiger partial charge in [-0.15, -0.1) is 0 Å². The molecule has 0 aliphatic heterocycles. The van der Waals surface area contributed by atoms with Crippen molar-refractivity contribution in [1.29, 1.82) is 0 Å². The van der Waals surface area contributed by atoms with Gasteiger partial charge >= 0.3 is 0 Å². The third kappa shape index (κ3) is 2.63. The van der Waals surface area contributed by atoms with E-state index in [-0.39, 0.29) is 11.8 Å². The zero-order valence-corrected chi connectivity index (χ0v) is 13.6. The van der Waals surface area contributed by atoms with E-state index in [0.717, 1.165) is 10.0 Å². The molecule has 0 aliphatic carbocycles. The summed E-state index contributed by atoms with van der Waals surface area (Å²) < 4.78 is 7.86. The molecular formula is C15H17BrN2O2. The summed E-state index contributed by atoms with van der Waals surface area (Å²) in [5, 5.41) is 4.23. The van der Waals surface area contributed by atoms with Crippen LogP contribution in [0.1, 0.15) is 41.5 Å². The molecule has 0 unspecified atom stereocenters. The van der Waals surface area contributed by atoms with Crippen molar-refractivity contribution in [2.24, 2.45) is 0 Å². The van der Waals surface area contributed by atoms with E-state index < -0.39 is 0 Å². The number of ether oxygens (including phenoxy) is 1. The smallest absolute Gasteiger partial charge is 0.214 e. The average Bonchev–Trinajstić information content (AvgIpc) is 2.85. The molecule has 0 N–H and O–H groups in total. The normalized spacial score (nSPS) is 10.9. The van der Waals surface area contributed by atoms with E-state index in [1.807, 2.05) is 39.0 Å². The van der Waals surface area contributed by atoms with Crippen molar-refractivity contribution in [2.45, 2.75) is 26.8 Å². The molecule has 4 nitrogen and oxygen atoms in total. The first kappa shape index (κ1) is 14.8. The molecule has 0 bridgehead atoms. The molecule has 0 saturated heterocycles. The van der Waals surface area contributed by atoms with E-state index in [1.54, 1.807) is 18.0 Å². The number of aromatic nitrogens is 2. The van der Waals surface area contributed by atoms with Crippen LogP contribution in [0.4, 0.5) is 0 Å². The molecule has 1 heterocycles. The van der Waals surface area contributed by atoms with E-state index >= 15 is 0 Å². The maximum Gasteiger partial charge on any atom is 0.214 e. The first-order valence-corrected chi connectivity index (χ1v) is 7.17. The van der Waals surface area contributed by atoms with Crippen LogP contribution in [0.3, 0.4) is 0 Å². The van der Waals surface area contributed by atoms with Gasteiger partial charge in [-0.3, -0.25) is 9.48 Å². The Morgan fingerprint density at radius 3 is 2.65 bits per heavy atom. The highest BCUT2D eigenvalue weighted by molar-refractivity contribution is 9.10. The molecule has 5 heteroatoms. The molecule has 1 aromatic heterocycles. The van der Waals surface area contributed by atoms with Gasteiger partial charge in [0.2, 0.25) is 5.78 Å². The quantitative estimate of drug-likeness (QED) is 0.798. The fraction of sp³-hybridized carbons (Fsp3) is 0.333. The first-order chi connectivity index (χ1) is 9.45. The van der Waals surface area contributed by atoms with Crippen LogP contribution >= 0.6 is 15.9 Å². The lowest BCUT2D eigenvalue weighted by atomic mass is 10.1. The van der Waals surface area contributed by atoms with E-state index in [0.29, 0.717) is 17.0 Å². The first-order valence-electron chi connectivity index (χ1n) is 6.38. The Bertz CT molecular complexity index is 647. The van der Waals surface area contributed by atoms with Crippen LogP contribution in [0.2, 0.25) is 0 Å². The van der Waals surface area contributed by atoms with Gasteiger partial charge in [-0.1, -0.05) is 28.1 Å². The topological polar surface area (TPSA) is 44.1 Å². The van der Waals surface area contributed by atoms with E-state index in [1.165, 1.54) is 0 Å². The van der Waals surface area contributed by atoms with Gasteiger partial charge in [0.05, 0.1) is 13.3 Å². The standard InChI is InChI=1S/C15H17BrN2O2/c1-9(2)18-14(13(20-4)8-17-18)15(19)11-6-5-10(3)12(16)7-11/h5-9H,1-4H3. The molecule has 20 heavy (non-hydrogen) atoms. The van der Waals surface area contributed by atoms with E-state index in [2.05, 4.69) is 21.0 Å². The second kappa shape index (κ2) is 5.79. The summed E-state index contributed by atoms with van der Waals surface area (Å²) in [5.74, 6) is 0.411. The SMILES string of the molecule is COc1cnn(C(C)C)c1C(=O)c1ccc(C)c(Br)c1. The second-order valence-corrected chi connectivity index (χ2v) is 5.75. The van der Waals surface area contributed by atoms with Crippen molar-refractivity contribution in [2.75, 3.05) is 7.11 Å². The maximum atomic E-state index is 12.7. The minimum absolute atomic E-state index is 0.0891. The summed E-state index contributed by atoms with van der Waals surface area (Å²) in [5.41, 5.74) is 2.19. The van der Waals surface area contributed by atoms with Gasteiger partial charge in [0.15, 0.2) is 11.4 Å². The second-order valence-electron chi connectivity index (χ2n) is 4.89. The molecule has 0 saturated carbocycles. The van der Waals surface area contributed by atoms with Gasteiger partial charge in [0.25, 0.3) is 0 Å². The number of halogens is 1. The Hall–Kier alpha value is -1.62. The van der Waals surface area contributed by atoms with Crippen molar-refractivity contribution in [3.63, 3.8) is 0 Å². The number of ketones is 1. The number of carbonyl (C=O) groups excluding carboxylic acids is 1. The summed E-state index contributed by atoms with van der Waals surface area (Å²) in [6.45, 7) is 5.94. The van der Waals surface area contributed by atoms with Crippen molar-refractivity contribution in [3.05, 3.63) is 45.7 Å². The fourth-order valence-corrected chi connectivity index (χ4v) is 2.35. The largest absolute Gasteiger partial charge is 0.493 e. The summed E-state index contributed by atoms with van der Waals surface area (Å²) >= 11 is 3.45. The number of carbonyl (C=O) groups is 1. The zero-order valence-electron chi connectivity index (χ0n) is 12.0. The van der Waals surface area contributed by atoms with Gasteiger partial charge in [0.1, 0.15) is 0 Å². The van der Waals surface area contributed by atoms with Crippen LogP contribution in [0.5, 0.6) is 5.75 Å². The number of hydrogen-bond acceptors (Lipinski definition) is 3. The van der Waals surface area contributed by atoms with E-state index in [9.17, 15) is 4.79 Å². The Balaban J connectivity index is 2.52. The third-order valence-electron chi connectivity index (χ3n) is 3.12. The lowest BCUT2D eigenvalue weighted by Gasteiger charge is -2.11. The van der Waals surface area contributed by atoms with Gasteiger partial charge in [-0.05, 0) is 32.4 Å². The van der Waals surface area contributed by atoms with Crippen LogP contribution in [-0.4, -0.2) is 22.7 Å². The number of aryl methyl sites for hydroxylation is 1. The van der Waals surface area contributed by atoms with Crippen molar-refractivity contribution in [3.8, 4) is 5.75 Å². The van der Waals surface area contributed by atoms with Crippen LogP contribution in [0.25, 0.3) is 0 Å². The summed E-state index contributed by atoms with van der Waals surface area (Å²) in [7, 11) is 1.55. The Kier molecular flexibility index (Phi) is 4.28. The molecule has 2 rings (SSSR count). The molecule has 2 aromatic rings. The number of rotatable bonds is 4. The number of benzene rings is 1. The number of nitrogens with zero attached hydrogens (tertiary/aromatic N) is 2. The minimum Gasteiger partial charge on any atom is -0.493 e. The maximum absolute atomic E-state index is 12.7. The summed E-state index contributed by atoms with van der Waals surface area (Å²) in [6, 6.07) is 5.65. The zero-order chi connectivity index (χ0) is 14.9. The molecule has 1 aromatic carbocycles. The highest BCUT2D eigenvalue weighted by atomic mass is 79.9. The number of hydrogen-bond donors (Lipinski definition) is 0. The Morgan fingerprint density at radius 1 is 1.40 bits per heavy atom. The molecular weight excluding hydrogens is 320 g/mol. The Labute approximate surface area is 126 Å². The molecule has 106 valence electrons. The average molecular weight is 337 g/mol. The number of methoxy groups -OCH3 is 1. The molecule has 0 atom stereocenters. The van der Waals surface area contributed by atoms with E-state index in [4.69, 9.17) is 4.74 Å². The van der Waals surface area contributed by atoms with Crippen molar-refractivity contribution >= 4 is 21.7 Å². The lowest BCUT2D eigenvalue weighted by molar-refractivity contribution is 0.102. The van der Waals surface area contributed by atoms with Crippen LogP contribution in [-0.2, 0) is 0 Å². The van der Waals surface area contributed by atoms with Gasteiger partial charge < -0.3 is 4.74 Å². The Morgan fingerprint density at radius 2 is 2.10 bits per heavy atom. The van der Waals surface area contributed by atoms with Crippen LogP contribution in [0.15, 0.2) is 28.9 Å². The monoisotopic (exact) mass is 336 g/mol. The van der Waals surface area contributed by atoms with Gasteiger partial charge in [-0.25, -0.2) is 0 Å². The predicted octanol–water partition coefficient (Wildman–Crippen LogP) is 3.77. The molecule has 0 radical (unpaired) electrons. The van der Waals surface area contributed by atoms with Gasteiger partial charge in [-0.2, -0.15) is 5.10 Å². The minimum atomic E-state index is -0.0891. The van der Waals surface area contributed by atoms with Gasteiger partial charge in [0, 0.05) is 16.1 Å². The lowest BCUT2D eigenvalue weighted by Crippen LogP contribution is -2.14. The molecule has 0 fully saturated rings. The summed E-state index contributed by atoms with van der Waals surface area (Å²) in [4.78, 5) is 12.7. The van der Waals surface area contributed by atoms with Crippen LogP contribution < -0.4 is 4.74 Å². The molecule has 0 aliphatic rings. The van der Waals surface area contributed by atoms with Crippen LogP contribution in [0, 0.1) is 6.92 Å². The third-order valence-corrected chi connectivity index (χ3v) is 3.97. The van der Waals surface area contributed by atoms with Crippen molar-refractivity contribution < 1.29 is 9.53 Å². The highest BCUT2D eigenvalue weighted by Crippen LogP contribution is 2.26. The molecule has 0 spiro atoms. The molecule has 0 amide bonds. The van der Waals surface area contributed by atoms with Crippen molar-refractivity contribution in [1.82, 2.24) is 9.78 Å². The fourth-order valence-electron chi connectivity index (χ4n) is 1.97. The highest BCUT2D eigenvalue weighted by Gasteiger charge is 2.22. The summed E-state index contributed by atoms with van der Waals surface area (Å²) in [6.07, 6.45) is 1.58. The predicted molar refractivity (Wildman–Crippen MR) is 81.5 cm³/mol.